The maximum absolute atomic E-state index is 11.5. The fourth-order valence-electron chi connectivity index (χ4n) is 5.93. The lowest BCUT2D eigenvalue weighted by molar-refractivity contribution is -0.432. The number of hydrogen-bond donors (Lipinski definition) is 8. The Hall–Kier alpha value is -7.36. The molecule has 8 N–H and O–H groups in total. The van der Waals surface area contributed by atoms with Crippen molar-refractivity contribution in [3.05, 3.63) is 95.1 Å². The van der Waals surface area contributed by atoms with Crippen LogP contribution in [0.15, 0.2) is 93.3 Å². The highest BCUT2D eigenvalue weighted by Crippen LogP contribution is 2.38. The van der Waals surface area contributed by atoms with Crippen molar-refractivity contribution in [2.75, 3.05) is 47.2 Å². The normalized spacial score (nSPS) is 11.5. The Morgan fingerprint density at radius 3 is 1.61 bits per heavy atom. The van der Waals surface area contributed by atoms with Crippen LogP contribution in [-0.4, -0.2) is 97.7 Å². The Kier molecular flexibility index (Phi) is 20.0. The van der Waals surface area contributed by atoms with Crippen LogP contribution < -0.4 is 25.4 Å². The van der Waals surface area contributed by atoms with Crippen molar-refractivity contribution in [1.29, 1.82) is 0 Å². The van der Waals surface area contributed by atoms with Crippen LogP contribution in [-0.2, 0) is 24.3 Å². The summed E-state index contributed by atoms with van der Waals surface area (Å²) in [6, 6.07) is 18.2. The molecule has 0 bridgehead atoms. The molecule has 5 rings (SSSR count). The van der Waals surface area contributed by atoms with Crippen LogP contribution in [0.5, 0.6) is 11.5 Å². The summed E-state index contributed by atoms with van der Waals surface area (Å²) in [5.74, 6) is -2.57. The van der Waals surface area contributed by atoms with Crippen molar-refractivity contribution in [3.8, 4) is 11.5 Å². The van der Waals surface area contributed by atoms with E-state index in [4.69, 9.17) is 19.8 Å². The summed E-state index contributed by atoms with van der Waals surface area (Å²) in [4.78, 5) is 47.5. The minimum Gasteiger partial charge on any atom is -0.491 e. The van der Waals surface area contributed by atoms with E-state index < -0.39 is 33.8 Å². The average Bonchev–Trinajstić information content (AvgIpc) is 3.30. The zero-order valence-corrected chi connectivity index (χ0v) is 38.7. The molecule has 366 valence electrons. The molecule has 0 aliphatic rings. The maximum atomic E-state index is 11.5. The predicted molar refractivity (Wildman–Crippen MR) is 252 cm³/mol. The quantitative estimate of drug-likeness (QED) is 0.00551. The number of aromatic carboxylic acids is 2. The molecule has 0 unspecified atom stereocenters. The molecule has 69 heavy (non-hydrogen) atoms. The van der Waals surface area contributed by atoms with E-state index in [1.165, 1.54) is 48.5 Å². The summed E-state index contributed by atoms with van der Waals surface area (Å²) >= 11 is 0.862. The number of hydrogen-bond acceptors (Lipinski definition) is 21. The van der Waals surface area contributed by atoms with Gasteiger partial charge in [0.05, 0.1) is 64.2 Å². The van der Waals surface area contributed by atoms with Crippen LogP contribution in [0, 0.1) is 13.8 Å². The molecule has 0 aliphatic carbocycles. The highest BCUT2D eigenvalue weighted by atomic mass is 32.2. The van der Waals surface area contributed by atoms with Gasteiger partial charge in [0.15, 0.2) is 0 Å². The van der Waals surface area contributed by atoms with Gasteiger partial charge in [0.25, 0.3) is 10.1 Å². The smallest absolute Gasteiger partial charge is 0.335 e. The van der Waals surface area contributed by atoms with Crippen LogP contribution in [0.2, 0.25) is 0 Å². The van der Waals surface area contributed by atoms with Gasteiger partial charge in [-0.3, -0.25) is 9.35 Å². The van der Waals surface area contributed by atoms with Gasteiger partial charge in [0.1, 0.15) is 11.5 Å². The van der Waals surface area contributed by atoms with E-state index in [1.54, 1.807) is 38.1 Å². The van der Waals surface area contributed by atoms with Crippen molar-refractivity contribution in [2.45, 2.75) is 52.4 Å². The molecular formula is C43H48N10O14S2. The number of carbonyl (C=O) groups is 3. The first kappa shape index (κ1) is 52.6. The molecule has 4 aromatic carbocycles. The molecular weight excluding hydrogens is 945 g/mol. The molecule has 0 atom stereocenters. The van der Waals surface area contributed by atoms with E-state index in [1.807, 2.05) is 0 Å². The van der Waals surface area contributed by atoms with E-state index >= 15 is 0 Å². The van der Waals surface area contributed by atoms with Crippen molar-refractivity contribution in [3.63, 3.8) is 0 Å². The Labute approximate surface area is 399 Å². The summed E-state index contributed by atoms with van der Waals surface area (Å²) < 4.78 is 48.9. The zero-order chi connectivity index (χ0) is 49.8. The van der Waals surface area contributed by atoms with Crippen molar-refractivity contribution in [2.24, 2.45) is 20.5 Å². The number of azo groups is 2. The molecule has 0 saturated heterocycles. The number of rotatable bonds is 29. The first-order chi connectivity index (χ1) is 33.1. The number of unbranched alkanes of at least 4 members (excludes halogenated alkanes) is 2. The van der Waals surface area contributed by atoms with Gasteiger partial charge in [0, 0.05) is 42.9 Å². The van der Waals surface area contributed by atoms with E-state index in [2.05, 4.69) is 60.7 Å². The number of anilines is 5. The third-order valence-corrected chi connectivity index (χ3v) is 10.8. The average molecular weight is 993 g/mol. The van der Waals surface area contributed by atoms with Crippen LogP contribution >= 0.6 is 12.0 Å². The van der Waals surface area contributed by atoms with Gasteiger partial charge in [-0.2, -0.15) is 43.8 Å². The Morgan fingerprint density at radius 1 is 0.652 bits per heavy atom. The monoisotopic (exact) mass is 992 g/mol. The Morgan fingerprint density at radius 2 is 1.14 bits per heavy atom. The van der Waals surface area contributed by atoms with Gasteiger partial charge in [-0.1, -0.05) is 11.5 Å². The van der Waals surface area contributed by atoms with Crippen molar-refractivity contribution >= 4 is 92.0 Å². The van der Waals surface area contributed by atoms with Crippen LogP contribution in [0.25, 0.3) is 0 Å². The van der Waals surface area contributed by atoms with Crippen LogP contribution in [0.1, 0.15) is 70.4 Å². The fraction of sp³-hybridized carbons (Fsp3) is 0.302. The van der Waals surface area contributed by atoms with Gasteiger partial charge < -0.3 is 40.7 Å². The maximum Gasteiger partial charge on any atom is 0.335 e. The standard InChI is InChI=1S/C43H48N10O14S2/c1-26-22-34(36(64-18-6-20-68-67-66-60)24-32(26)52-50-30-13-9-28(10-14-30)39(56)57)45-42-47-41(44-17-5-3-4-8-38(54)55)48-43(49-42)46-35-23-27(2)33(25-37(35)65-19-7-21-69(61,62)63)53-51-31-15-11-29(12-16-31)40(58)59/h9-16,22-25,60H,3-8,17-21H2,1-2H3,(H,54,55)(H,56,57)(H,58,59)(H,61,62,63)(H3,44,45,46,47,48,49). The summed E-state index contributed by atoms with van der Waals surface area (Å²) in [5, 5.41) is 66.4. The second kappa shape index (κ2) is 26.3. The molecule has 1 heterocycles. The molecule has 0 amide bonds. The number of aromatic nitrogens is 3. The largest absolute Gasteiger partial charge is 0.491 e. The minimum atomic E-state index is -4.28. The summed E-state index contributed by atoms with van der Waals surface area (Å²) in [5.41, 5.74) is 3.69. The van der Waals surface area contributed by atoms with E-state index in [-0.39, 0.29) is 60.8 Å². The molecule has 0 radical (unpaired) electrons. The number of benzene rings is 4. The topological polar surface area (TPSA) is 348 Å². The number of aliphatic carboxylic acids is 1. The first-order valence-electron chi connectivity index (χ1n) is 20.9. The van der Waals surface area contributed by atoms with Gasteiger partial charge >= 0.3 is 17.9 Å². The molecule has 0 saturated carbocycles. The zero-order valence-electron chi connectivity index (χ0n) is 37.1. The summed E-state index contributed by atoms with van der Waals surface area (Å²) in [6.07, 6.45) is 2.10. The van der Waals surface area contributed by atoms with E-state index in [0.29, 0.717) is 89.0 Å². The lowest BCUT2D eigenvalue weighted by atomic mass is 10.1. The second-order valence-electron chi connectivity index (χ2n) is 14.7. The van der Waals surface area contributed by atoms with E-state index in [9.17, 15) is 37.6 Å². The van der Waals surface area contributed by atoms with Crippen LogP contribution in [0.3, 0.4) is 0 Å². The Bertz CT molecular complexity index is 2730. The lowest BCUT2D eigenvalue weighted by Gasteiger charge is -2.17. The van der Waals surface area contributed by atoms with Crippen molar-refractivity contribution < 1.29 is 66.8 Å². The molecule has 0 fully saturated rings. The number of ether oxygens (including phenoxy) is 2. The number of nitrogens with one attached hydrogen (secondary N) is 3. The number of aryl methyl sites for hydroxylation is 2. The van der Waals surface area contributed by atoms with Crippen LogP contribution in [0.4, 0.5) is 52.0 Å². The second-order valence-corrected chi connectivity index (χ2v) is 17.1. The van der Waals surface area contributed by atoms with Crippen molar-refractivity contribution in [1.82, 2.24) is 15.0 Å². The molecule has 24 nitrogen and oxygen atoms in total. The fourth-order valence-corrected chi connectivity index (χ4v) is 6.76. The molecule has 26 heteroatoms. The highest BCUT2D eigenvalue weighted by Gasteiger charge is 2.17. The van der Waals surface area contributed by atoms with Gasteiger partial charge in [-0.05, 0) is 111 Å². The predicted octanol–water partition coefficient (Wildman–Crippen LogP) is 9.75. The highest BCUT2D eigenvalue weighted by molar-refractivity contribution is 7.94. The van der Waals surface area contributed by atoms with Gasteiger partial charge in [0.2, 0.25) is 17.8 Å². The minimum absolute atomic E-state index is 0.0117. The number of carboxylic acid groups (broad SMARTS) is 3. The SMILES string of the molecule is Cc1cc(Nc2nc(NCCCCCC(=O)O)nc(Nc3cc(C)c(N=Nc4ccc(C(=O)O)cc4)cc3OCCCS(=O)(=O)O)n2)c(OCCCSOOO)cc1N=Nc1ccc(C(=O)O)cc1. The van der Waals surface area contributed by atoms with E-state index in [0.717, 1.165) is 12.0 Å². The lowest BCUT2D eigenvalue weighted by Crippen LogP contribution is -2.12. The third-order valence-electron chi connectivity index (χ3n) is 9.36. The Balaban J connectivity index is 1.50. The third kappa shape index (κ3) is 18.0. The molecule has 1 aromatic heterocycles. The molecule has 5 aromatic rings. The molecule has 0 spiro atoms. The first-order valence-corrected chi connectivity index (χ1v) is 23.4. The van der Waals surface area contributed by atoms with Gasteiger partial charge in [-0.25, -0.2) is 14.8 Å². The van der Waals surface area contributed by atoms with Gasteiger partial charge in [-0.15, -0.1) is 4.33 Å². The molecule has 0 aliphatic heterocycles. The number of carboxylic acids is 3. The number of nitrogens with zero attached hydrogens (tertiary/aromatic N) is 7. The summed E-state index contributed by atoms with van der Waals surface area (Å²) in [6.45, 7) is 3.94. The summed E-state index contributed by atoms with van der Waals surface area (Å²) in [7, 11) is -4.28.